The molecular formula is C34H28F5N5O4S. The Kier molecular flexibility index (Phi) is 9.14. The van der Waals surface area contributed by atoms with Crippen LogP contribution in [0.1, 0.15) is 15.9 Å². The van der Waals surface area contributed by atoms with Gasteiger partial charge in [0.2, 0.25) is 0 Å². The number of ether oxygens (including phenoxy) is 1. The summed E-state index contributed by atoms with van der Waals surface area (Å²) in [5.74, 6) is -3.45. The summed E-state index contributed by atoms with van der Waals surface area (Å²) in [6, 6.07) is 19.4. The SMILES string of the molecule is Nc1ccc(S(=O)(=O)Nc2ccc(C(=O)N3CCN(Cc4ccc(F)c(F)c4)CC3)cc2OC(F)(F)F)c(-c2cccc3cccnc23)c1. The topological polar surface area (TPSA) is 118 Å². The molecule has 5 aromatic rings. The quantitative estimate of drug-likeness (QED) is 0.142. The first-order chi connectivity index (χ1) is 23.3. The van der Waals surface area contributed by atoms with E-state index in [1.54, 1.807) is 36.5 Å². The van der Waals surface area contributed by atoms with Crippen LogP contribution >= 0.6 is 0 Å². The summed E-state index contributed by atoms with van der Waals surface area (Å²) in [6.45, 7) is 1.45. The minimum absolute atomic E-state index is 0.161. The number of para-hydroxylation sites is 1. The minimum Gasteiger partial charge on any atom is -0.404 e. The zero-order valence-corrected chi connectivity index (χ0v) is 26.4. The standard InChI is InChI=1S/C34H28F5N5O4S/c35-27-9-6-21(17-28(27)36)20-43-13-15-44(16-14-43)33(45)23-7-10-29(30(18-23)48-34(37,38)39)42-49(46,47)31-11-8-24(40)19-26(31)25-5-1-3-22-4-2-12-41-32(22)25/h1-12,17-19,42H,13-16,20,40H2. The van der Waals surface area contributed by atoms with Crippen molar-refractivity contribution in [3.8, 4) is 16.9 Å². The molecule has 0 unspecified atom stereocenters. The highest BCUT2D eigenvalue weighted by molar-refractivity contribution is 7.92. The summed E-state index contributed by atoms with van der Waals surface area (Å²) < 4.78 is 102. The van der Waals surface area contributed by atoms with Crippen LogP contribution < -0.4 is 15.2 Å². The number of hydrogen-bond donors (Lipinski definition) is 2. The van der Waals surface area contributed by atoms with Gasteiger partial charge in [0.25, 0.3) is 15.9 Å². The van der Waals surface area contributed by atoms with E-state index in [2.05, 4.69) is 14.4 Å². The smallest absolute Gasteiger partial charge is 0.404 e. The third-order valence-corrected chi connectivity index (χ3v) is 9.39. The molecule has 9 nitrogen and oxygen atoms in total. The fraction of sp³-hybridized carbons (Fsp3) is 0.176. The largest absolute Gasteiger partial charge is 0.573 e. The van der Waals surface area contributed by atoms with Gasteiger partial charge in [0.15, 0.2) is 17.4 Å². The molecular weight excluding hydrogens is 669 g/mol. The van der Waals surface area contributed by atoms with Gasteiger partial charge in [0.05, 0.1) is 16.1 Å². The number of nitrogens with one attached hydrogen (secondary N) is 1. The molecule has 49 heavy (non-hydrogen) atoms. The van der Waals surface area contributed by atoms with Crippen LogP contribution in [0.4, 0.5) is 33.3 Å². The second-order valence-electron chi connectivity index (χ2n) is 11.3. The molecule has 0 bridgehead atoms. The van der Waals surface area contributed by atoms with Gasteiger partial charge in [-0.05, 0) is 60.2 Å². The normalized spacial score (nSPS) is 14.2. The molecule has 2 heterocycles. The number of aromatic nitrogens is 1. The average molecular weight is 698 g/mol. The molecule has 1 amide bonds. The summed E-state index contributed by atoms with van der Waals surface area (Å²) in [7, 11) is -4.57. The molecule has 4 aromatic carbocycles. The number of rotatable bonds is 8. The predicted molar refractivity (Wildman–Crippen MR) is 173 cm³/mol. The average Bonchev–Trinajstić information content (AvgIpc) is 3.06. The predicted octanol–water partition coefficient (Wildman–Crippen LogP) is 6.42. The highest BCUT2D eigenvalue weighted by Gasteiger charge is 2.34. The molecule has 6 rings (SSSR count). The number of anilines is 2. The third-order valence-electron chi connectivity index (χ3n) is 7.96. The summed E-state index contributed by atoms with van der Waals surface area (Å²) in [4.78, 5) is 20.8. The van der Waals surface area contributed by atoms with Crippen LogP contribution in [-0.2, 0) is 16.6 Å². The van der Waals surface area contributed by atoms with Crippen molar-refractivity contribution in [2.75, 3.05) is 36.6 Å². The number of carbonyl (C=O) groups is 1. The lowest BCUT2D eigenvalue weighted by Gasteiger charge is -2.35. The molecule has 0 saturated carbocycles. The van der Waals surface area contributed by atoms with E-state index in [-0.39, 0.29) is 34.8 Å². The minimum atomic E-state index is -5.21. The Morgan fingerprint density at radius 1 is 0.878 bits per heavy atom. The van der Waals surface area contributed by atoms with Crippen molar-refractivity contribution in [3.63, 3.8) is 0 Å². The Balaban J connectivity index is 1.25. The van der Waals surface area contributed by atoms with Crippen LogP contribution in [0.15, 0.2) is 96.0 Å². The maximum atomic E-state index is 13.8. The first-order valence-electron chi connectivity index (χ1n) is 14.9. The molecule has 1 aromatic heterocycles. The fourth-order valence-electron chi connectivity index (χ4n) is 5.65. The number of amides is 1. The summed E-state index contributed by atoms with van der Waals surface area (Å²) >= 11 is 0. The summed E-state index contributed by atoms with van der Waals surface area (Å²) in [6.07, 6.45) is -3.67. The number of halogens is 5. The molecule has 0 radical (unpaired) electrons. The van der Waals surface area contributed by atoms with Crippen molar-refractivity contribution in [1.29, 1.82) is 0 Å². The van der Waals surface area contributed by atoms with E-state index in [4.69, 9.17) is 5.73 Å². The zero-order chi connectivity index (χ0) is 34.9. The van der Waals surface area contributed by atoms with Crippen molar-refractivity contribution in [1.82, 2.24) is 14.8 Å². The first kappa shape index (κ1) is 33.6. The lowest BCUT2D eigenvalue weighted by Crippen LogP contribution is -2.48. The second-order valence-corrected chi connectivity index (χ2v) is 13.0. The molecule has 15 heteroatoms. The van der Waals surface area contributed by atoms with E-state index in [1.807, 2.05) is 4.90 Å². The van der Waals surface area contributed by atoms with Gasteiger partial charge in [-0.2, -0.15) is 0 Å². The first-order valence-corrected chi connectivity index (χ1v) is 16.4. The van der Waals surface area contributed by atoms with E-state index in [1.165, 1.54) is 35.2 Å². The monoisotopic (exact) mass is 697 g/mol. The van der Waals surface area contributed by atoms with Gasteiger partial charge in [-0.15, -0.1) is 13.2 Å². The van der Waals surface area contributed by atoms with Gasteiger partial charge >= 0.3 is 6.36 Å². The Labute approximate surface area is 277 Å². The van der Waals surface area contributed by atoms with Gasteiger partial charge in [-0.25, -0.2) is 17.2 Å². The number of nitrogens with zero attached hydrogens (tertiary/aromatic N) is 3. The fourth-order valence-corrected chi connectivity index (χ4v) is 6.92. The summed E-state index contributed by atoms with van der Waals surface area (Å²) in [5, 5.41) is 0.726. The molecule has 0 aliphatic carbocycles. The van der Waals surface area contributed by atoms with Crippen molar-refractivity contribution in [3.05, 3.63) is 114 Å². The number of carbonyl (C=O) groups excluding carboxylic acids is 1. The Morgan fingerprint density at radius 3 is 2.37 bits per heavy atom. The Hall–Kier alpha value is -5.28. The zero-order valence-electron chi connectivity index (χ0n) is 25.5. The number of benzene rings is 4. The lowest BCUT2D eigenvalue weighted by molar-refractivity contribution is -0.274. The van der Waals surface area contributed by atoms with Crippen molar-refractivity contribution >= 4 is 38.2 Å². The van der Waals surface area contributed by atoms with E-state index >= 15 is 0 Å². The maximum Gasteiger partial charge on any atom is 0.573 e. The maximum absolute atomic E-state index is 13.8. The van der Waals surface area contributed by atoms with E-state index < -0.39 is 45.4 Å². The van der Waals surface area contributed by atoms with Crippen LogP contribution in [0, 0.1) is 11.6 Å². The van der Waals surface area contributed by atoms with Gasteiger partial charge in [-0.3, -0.25) is 19.4 Å². The number of hydrogen-bond acceptors (Lipinski definition) is 7. The Bertz CT molecular complexity index is 2150. The van der Waals surface area contributed by atoms with Gasteiger partial charge < -0.3 is 15.4 Å². The number of nitrogen functional groups attached to an aromatic ring is 1. The Morgan fingerprint density at radius 2 is 1.63 bits per heavy atom. The molecule has 1 aliphatic heterocycles. The second kappa shape index (κ2) is 13.3. The number of nitrogens with two attached hydrogens (primary N) is 1. The third kappa shape index (κ3) is 7.57. The van der Waals surface area contributed by atoms with Crippen molar-refractivity contribution in [2.45, 2.75) is 17.8 Å². The molecule has 1 aliphatic rings. The molecule has 3 N–H and O–H groups in total. The number of sulfonamides is 1. The van der Waals surface area contributed by atoms with Crippen LogP contribution in [0.5, 0.6) is 5.75 Å². The van der Waals surface area contributed by atoms with Gasteiger partial charge in [0.1, 0.15) is 0 Å². The highest BCUT2D eigenvalue weighted by Crippen LogP contribution is 2.37. The van der Waals surface area contributed by atoms with E-state index in [9.17, 15) is 35.2 Å². The summed E-state index contributed by atoms with van der Waals surface area (Å²) in [5.41, 5.74) is 7.19. The highest BCUT2D eigenvalue weighted by atomic mass is 32.2. The molecule has 1 fully saturated rings. The number of piperazine rings is 1. The van der Waals surface area contributed by atoms with Gasteiger partial charge in [-0.1, -0.05) is 30.3 Å². The number of pyridine rings is 1. The van der Waals surface area contributed by atoms with Crippen molar-refractivity contribution in [2.24, 2.45) is 0 Å². The van der Waals surface area contributed by atoms with Crippen LogP contribution in [0.2, 0.25) is 0 Å². The molecule has 1 saturated heterocycles. The van der Waals surface area contributed by atoms with Gasteiger partial charge in [0, 0.05) is 66.7 Å². The van der Waals surface area contributed by atoms with E-state index in [0.717, 1.165) is 29.7 Å². The lowest BCUT2D eigenvalue weighted by atomic mass is 10.0. The van der Waals surface area contributed by atoms with E-state index in [0.29, 0.717) is 36.3 Å². The van der Waals surface area contributed by atoms with Crippen LogP contribution in [-0.4, -0.2) is 61.7 Å². The van der Waals surface area contributed by atoms with Crippen LogP contribution in [0.25, 0.3) is 22.0 Å². The number of alkyl halides is 3. The number of fused-ring (bicyclic) bond motifs is 1. The molecule has 0 spiro atoms. The van der Waals surface area contributed by atoms with Crippen molar-refractivity contribution < 1.29 is 39.9 Å². The molecule has 0 atom stereocenters. The van der Waals surface area contributed by atoms with Crippen LogP contribution in [0.3, 0.4) is 0 Å². The molecule has 254 valence electrons.